The van der Waals surface area contributed by atoms with Gasteiger partial charge in [0, 0.05) is 16.8 Å². The predicted molar refractivity (Wildman–Crippen MR) is 110 cm³/mol. The minimum Gasteiger partial charge on any atom is -0.295 e. The van der Waals surface area contributed by atoms with Gasteiger partial charge >= 0.3 is 0 Å². The number of aromatic amines is 1. The minimum absolute atomic E-state index is 0.175. The van der Waals surface area contributed by atoms with Crippen molar-refractivity contribution in [1.82, 2.24) is 10.2 Å². The number of amides is 1. The number of anilines is 1. The van der Waals surface area contributed by atoms with Crippen molar-refractivity contribution in [3.05, 3.63) is 107 Å². The number of hydrogen-bond donors (Lipinski definition) is 1. The first-order chi connectivity index (χ1) is 14.1. The first kappa shape index (κ1) is 17.4. The topological polar surface area (TPSA) is 49.0 Å². The summed E-state index contributed by atoms with van der Waals surface area (Å²) < 4.78 is 13.5. The monoisotopic (exact) mass is 383 g/mol. The average molecular weight is 383 g/mol. The summed E-state index contributed by atoms with van der Waals surface area (Å²) >= 11 is 0. The summed E-state index contributed by atoms with van der Waals surface area (Å²) in [6, 6.07) is 23.6. The Bertz CT molecular complexity index is 1180. The molecule has 0 spiro atoms. The van der Waals surface area contributed by atoms with E-state index in [-0.39, 0.29) is 17.8 Å². The zero-order valence-corrected chi connectivity index (χ0v) is 15.8. The minimum atomic E-state index is -0.348. The van der Waals surface area contributed by atoms with Crippen LogP contribution in [0, 0.1) is 12.7 Å². The largest absolute Gasteiger partial charge is 0.295 e. The lowest BCUT2D eigenvalue weighted by atomic mass is 9.95. The Hall–Kier alpha value is -3.73. The molecule has 1 N–H and O–H groups in total. The molecule has 4 nitrogen and oxygen atoms in total. The third-order valence-electron chi connectivity index (χ3n) is 5.31. The molecule has 0 aliphatic carbocycles. The van der Waals surface area contributed by atoms with E-state index in [9.17, 15) is 9.18 Å². The first-order valence-electron chi connectivity index (χ1n) is 9.43. The molecule has 2 heterocycles. The van der Waals surface area contributed by atoms with Gasteiger partial charge in [0.25, 0.3) is 5.91 Å². The third-order valence-corrected chi connectivity index (χ3v) is 5.31. The van der Waals surface area contributed by atoms with Gasteiger partial charge in [0.1, 0.15) is 11.5 Å². The fourth-order valence-electron chi connectivity index (χ4n) is 3.90. The molecule has 5 rings (SSSR count). The van der Waals surface area contributed by atoms with Crippen molar-refractivity contribution in [1.29, 1.82) is 0 Å². The zero-order valence-electron chi connectivity index (χ0n) is 15.8. The van der Waals surface area contributed by atoms with Crippen molar-refractivity contribution < 1.29 is 9.18 Å². The van der Waals surface area contributed by atoms with Gasteiger partial charge in [-0.15, -0.1) is 0 Å². The summed E-state index contributed by atoms with van der Waals surface area (Å²) in [6.45, 7) is 2.03. The summed E-state index contributed by atoms with van der Waals surface area (Å²) in [5.41, 5.74) is 5.79. The normalized spacial score (nSPS) is 15.6. The molecule has 0 saturated heterocycles. The van der Waals surface area contributed by atoms with Crippen LogP contribution in [0.3, 0.4) is 0 Å². The molecule has 0 radical (unpaired) electrons. The number of carbonyl (C=O) groups is 1. The van der Waals surface area contributed by atoms with Crippen LogP contribution in [0.15, 0.2) is 78.9 Å². The van der Waals surface area contributed by atoms with Crippen LogP contribution in [-0.2, 0) is 0 Å². The van der Waals surface area contributed by atoms with Crippen molar-refractivity contribution >= 4 is 11.6 Å². The molecule has 0 saturated carbocycles. The van der Waals surface area contributed by atoms with E-state index in [1.54, 1.807) is 17.0 Å². The van der Waals surface area contributed by atoms with Crippen LogP contribution in [0.1, 0.15) is 33.2 Å². The summed E-state index contributed by atoms with van der Waals surface area (Å²) in [5.74, 6) is -0.511. The number of H-pyrrole nitrogens is 1. The maximum absolute atomic E-state index is 13.5. The molecule has 1 aromatic heterocycles. The van der Waals surface area contributed by atoms with Gasteiger partial charge in [0.15, 0.2) is 0 Å². The second-order valence-electron chi connectivity index (χ2n) is 7.19. The van der Waals surface area contributed by atoms with E-state index in [2.05, 4.69) is 10.2 Å². The summed E-state index contributed by atoms with van der Waals surface area (Å²) in [7, 11) is 0. The predicted octanol–water partition coefficient (Wildman–Crippen LogP) is 5.27. The highest BCUT2D eigenvalue weighted by Gasteiger charge is 2.42. The molecular formula is C24H18FN3O. The zero-order chi connectivity index (χ0) is 20.0. The second-order valence-corrected chi connectivity index (χ2v) is 7.19. The highest BCUT2D eigenvalue weighted by Crippen LogP contribution is 2.44. The van der Waals surface area contributed by atoms with Crippen molar-refractivity contribution in [2.75, 3.05) is 4.90 Å². The Balaban J connectivity index is 1.71. The van der Waals surface area contributed by atoms with E-state index in [0.717, 1.165) is 27.9 Å². The van der Waals surface area contributed by atoms with E-state index in [4.69, 9.17) is 0 Å². The van der Waals surface area contributed by atoms with Crippen LogP contribution in [0.25, 0.3) is 11.3 Å². The molecule has 5 heteroatoms. The van der Waals surface area contributed by atoms with Gasteiger partial charge in [-0.1, -0.05) is 60.2 Å². The summed E-state index contributed by atoms with van der Waals surface area (Å²) in [5, 5.41) is 7.42. The number of hydrogen-bond acceptors (Lipinski definition) is 2. The molecule has 4 aromatic rings. The maximum Gasteiger partial charge on any atom is 0.277 e. The van der Waals surface area contributed by atoms with Gasteiger partial charge < -0.3 is 0 Å². The van der Waals surface area contributed by atoms with Crippen LogP contribution < -0.4 is 4.90 Å². The smallest absolute Gasteiger partial charge is 0.277 e. The van der Waals surface area contributed by atoms with E-state index in [0.29, 0.717) is 11.4 Å². The fourth-order valence-corrected chi connectivity index (χ4v) is 3.90. The van der Waals surface area contributed by atoms with Gasteiger partial charge in [-0.05, 0) is 36.8 Å². The Morgan fingerprint density at radius 3 is 2.31 bits per heavy atom. The number of benzene rings is 3. The highest BCUT2D eigenvalue weighted by molar-refractivity contribution is 6.11. The molecule has 1 aliphatic heterocycles. The van der Waals surface area contributed by atoms with Crippen molar-refractivity contribution in [2.24, 2.45) is 0 Å². The van der Waals surface area contributed by atoms with Crippen LogP contribution >= 0.6 is 0 Å². The second kappa shape index (κ2) is 6.71. The standard InChI is InChI=1S/C24H18FN3O/c1-15-7-9-16(10-8-15)21-20-22(27-26-21)24(29)28(19-13-11-18(25)12-14-19)23(20)17-5-3-2-4-6-17/h2-14,23H,1H3,(H,26,27)/t23-/m1/s1. The van der Waals surface area contributed by atoms with Crippen molar-refractivity contribution in [2.45, 2.75) is 13.0 Å². The van der Waals surface area contributed by atoms with Gasteiger partial charge in [0.2, 0.25) is 0 Å². The Labute approximate surface area is 167 Å². The third kappa shape index (κ3) is 2.83. The molecule has 29 heavy (non-hydrogen) atoms. The molecule has 1 atom stereocenters. The van der Waals surface area contributed by atoms with Gasteiger partial charge in [0.05, 0.1) is 11.7 Å². The molecule has 3 aromatic carbocycles. The Kier molecular flexibility index (Phi) is 4.02. The SMILES string of the molecule is Cc1ccc(-c2n[nH]c3c2[C@@H](c2ccccc2)N(c2ccc(F)cc2)C3=O)cc1. The van der Waals surface area contributed by atoms with E-state index in [1.807, 2.05) is 61.5 Å². The lowest BCUT2D eigenvalue weighted by Crippen LogP contribution is -2.29. The quantitative estimate of drug-likeness (QED) is 0.524. The number of halogens is 1. The lowest BCUT2D eigenvalue weighted by molar-refractivity contribution is 0.0988. The van der Waals surface area contributed by atoms with E-state index >= 15 is 0 Å². The lowest BCUT2D eigenvalue weighted by Gasteiger charge is -2.26. The van der Waals surface area contributed by atoms with E-state index < -0.39 is 0 Å². The molecule has 0 unspecified atom stereocenters. The highest BCUT2D eigenvalue weighted by atomic mass is 19.1. The Morgan fingerprint density at radius 2 is 1.62 bits per heavy atom. The first-order valence-corrected chi connectivity index (χ1v) is 9.43. The van der Waals surface area contributed by atoms with Gasteiger partial charge in [-0.25, -0.2) is 4.39 Å². The van der Waals surface area contributed by atoms with Crippen LogP contribution in [0.5, 0.6) is 0 Å². The molecule has 1 amide bonds. The Morgan fingerprint density at radius 1 is 0.931 bits per heavy atom. The summed E-state index contributed by atoms with van der Waals surface area (Å²) in [6.07, 6.45) is 0. The average Bonchev–Trinajstić information content (AvgIpc) is 3.29. The fraction of sp³-hybridized carbons (Fsp3) is 0.0833. The van der Waals surface area contributed by atoms with Crippen LogP contribution in [-0.4, -0.2) is 16.1 Å². The molecule has 0 fully saturated rings. The molecular weight excluding hydrogens is 365 g/mol. The maximum atomic E-state index is 13.5. The van der Waals surface area contributed by atoms with E-state index in [1.165, 1.54) is 12.1 Å². The van der Waals surface area contributed by atoms with Gasteiger partial charge in [-0.3, -0.25) is 14.8 Å². The van der Waals surface area contributed by atoms with Crippen molar-refractivity contribution in [3.8, 4) is 11.3 Å². The number of carbonyl (C=O) groups excluding carboxylic acids is 1. The molecule has 142 valence electrons. The molecule has 0 bridgehead atoms. The summed E-state index contributed by atoms with van der Waals surface area (Å²) in [4.78, 5) is 15.0. The van der Waals surface area contributed by atoms with Gasteiger partial charge in [-0.2, -0.15) is 5.10 Å². The number of nitrogens with zero attached hydrogens (tertiary/aromatic N) is 2. The number of fused-ring (bicyclic) bond motifs is 1. The van der Waals surface area contributed by atoms with Crippen LogP contribution in [0.4, 0.5) is 10.1 Å². The molecule has 1 aliphatic rings. The number of nitrogens with one attached hydrogen (secondary N) is 1. The van der Waals surface area contributed by atoms with Crippen LogP contribution in [0.2, 0.25) is 0 Å². The number of aromatic nitrogens is 2. The number of aryl methyl sites for hydroxylation is 1. The van der Waals surface area contributed by atoms with Crippen molar-refractivity contribution in [3.63, 3.8) is 0 Å². The number of rotatable bonds is 3.